The summed E-state index contributed by atoms with van der Waals surface area (Å²) >= 11 is 0. The third-order valence-electron chi connectivity index (χ3n) is 3.32. The molecule has 3 amide bonds. The summed E-state index contributed by atoms with van der Waals surface area (Å²) in [6.45, 7) is -0.225. The van der Waals surface area contributed by atoms with Crippen molar-refractivity contribution in [3.05, 3.63) is 66.2 Å². The Morgan fingerprint density at radius 3 is 2.16 bits per heavy atom. The normalized spacial score (nSPS) is 11.2. The minimum atomic E-state index is -0.797. The number of anilines is 1. The Balaban J connectivity index is 1.88. The van der Waals surface area contributed by atoms with E-state index in [1.54, 1.807) is 48.5 Å². The monoisotopic (exact) mass is 341 g/mol. The van der Waals surface area contributed by atoms with Gasteiger partial charge in [-0.1, -0.05) is 48.5 Å². The topological polar surface area (TPSA) is 96.5 Å². The van der Waals surface area contributed by atoms with E-state index in [4.69, 9.17) is 4.74 Å². The van der Waals surface area contributed by atoms with Crippen molar-refractivity contribution in [1.82, 2.24) is 10.6 Å². The van der Waals surface area contributed by atoms with Gasteiger partial charge in [-0.15, -0.1) is 0 Å². The van der Waals surface area contributed by atoms with Gasteiger partial charge in [0.1, 0.15) is 6.04 Å². The molecule has 0 fully saturated rings. The maximum atomic E-state index is 11.9. The van der Waals surface area contributed by atoms with Crippen molar-refractivity contribution in [2.75, 3.05) is 19.0 Å². The predicted octanol–water partition coefficient (Wildman–Crippen LogP) is 1.84. The highest BCUT2D eigenvalue weighted by molar-refractivity contribution is 6.01. The molecular weight excluding hydrogens is 322 g/mol. The zero-order valence-electron chi connectivity index (χ0n) is 13.7. The van der Waals surface area contributed by atoms with Crippen LogP contribution in [-0.4, -0.2) is 31.6 Å². The predicted molar refractivity (Wildman–Crippen MR) is 92.8 cm³/mol. The van der Waals surface area contributed by atoms with E-state index in [-0.39, 0.29) is 6.54 Å². The maximum Gasteiger partial charge on any atom is 0.327 e. The molecule has 1 unspecified atom stereocenters. The van der Waals surface area contributed by atoms with Gasteiger partial charge < -0.3 is 10.1 Å². The fourth-order valence-corrected chi connectivity index (χ4v) is 2.15. The summed E-state index contributed by atoms with van der Waals surface area (Å²) in [7, 11) is 1.27. The molecule has 2 aromatic rings. The van der Waals surface area contributed by atoms with Gasteiger partial charge in [-0.3, -0.25) is 15.4 Å². The number of hydrogen-bond acceptors (Lipinski definition) is 5. The smallest absolute Gasteiger partial charge is 0.327 e. The molecule has 0 saturated carbocycles. The Morgan fingerprint density at radius 1 is 0.960 bits per heavy atom. The van der Waals surface area contributed by atoms with Crippen LogP contribution in [0.3, 0.4) is 0 Å². The van der Waals surface area contributed by atoms with Crippen LogP contribution in [0, 0.1) is 0 Å². The fourth-order valence-electron chi connectivity index (χ4n) is 2.15. The number of imide groups is 1. The Hall–Kier alpha value is -3.19. The van der Waals surface area contributed by atoms with Crippen LogP contribution in [0.5, 0.6) is 0 Å². The second-order valence-electron chi connectivity index (χ2n) is 5.12. The molecule has 0 bridgehead atoms. The van der Waals surface area contributed by atoms with Gasteiger partial charge in [0.05, 0.1) is 13.7 Å². The summed E-state index contributed by atoms with van der Waals surface area (Å²) in [5.74, 6) is -1.09. The van der Waals surface area contributed by atoms with E-state index in [0.29, 0.717) is 11.3 Å². The molecule has 0 aliphatic carbocycles. The molecule has 7 heteroatoms. The Kier molecular flexibility index (Phi) is 6.67. The molecule has 3 N–H and O–H groups in total. The molecule has 0 aliphatic rings. The molecule has 0 heterocycles. The molecule has 0 radical (unpaired) electrons. The number of benzene rings is 2. The first-order chi connectivity index (χ1) is 12.1. The van der Waals surface area contributed by atoms with Gasteiger partial charge in [0.15, 0.2) is 0 Å². The number of ether oxygens (including phenoxy) is 1. The number of para-hydroxylation sites is 1. The average Bonchev–Trinajstić information content (AvgIpc) is 2.63. The SMILES string of the molecule is COC(=O)C(NCC(=O)NC(=O)Nc1ccccc1)c1ccccc1. The number of hydrogen-bond donors (Lipinski definition) is 3. The van der Waals surface area contributed by atoms with E-state index in [1.807, 2.05) is 12.1 Å². The van der Waals surface area contributed by atoms with Crippen LogP contribution in [0.4, 0.5) is 10.5 Å². The average molecular weight is 341 g/mol. The van der Waals surface area contributed by atoms with Gasteiger partial charge >= 0.3 is 12.0 Å². The van der Waals surface area contributed by atoms with Crippen molar-refractivity contribution < 1.29 is 19.1 Å². The number of nitrogens with one attached hydrogen (secondary N) is 3. The zero-order valence-corrected chi connectivity index (χ0v) is 13.7. The number of amides is 3. The fraction of sp³-hybridized carbons (Fsp3) is 0.167. The zero-order chi connectivity index (χ0) is 18.1. The van der Waals surface area contributed by atoms with Crippen LogP contribution >= 0.6 is 0 Å². The van der Waals surface area contributed by atoms with Crippen molar-refractivity contribution in [3.63, 3.8) is 0 Å². The molecule has 130 valence electrons. The van der Waals surface area contributed by atoms with Crippen molar-refractivity contribution in [2.24, 2.45) is 0 Å². The summed E-state index contributed by atoms with van der Waals surface area (Å²) in [5.41, 5.74) is 1.23. The van der Waals surface area contributed by atoms with Gasteiger partial charge in [-0.05, 0) is 17.7 Å². The van der Waals surface area contributed by atoms with Gasteiger partial charge in [0.25, 0.3) is 0 Å². The highest BCUT2D eigenvalue weighted by atomic mass is 16.5. The number of rotatable bonds is 6. The van der Waals surface area contributed by atoms with Crippen LogP contribution < -0.4 is 16.0 Å². The largest absolute Gasteiger partial charge is 0.468 e. The summed E-state index contributed by atoms with van der Waals surface area (Å²) in [6, 6.07) is 16.2. The van der Waals surface area contributed by atoms with Gasteiger partial charge in [-0.25, -0.2) is 9.59 Å². The second-order valence-corrected chi connectivity index (χ2v) is 5.12. The third-order valence-corrected chi connectivity index (χ3v) is 3.32. The Labute approximate surface area is 145 Å². The lowest BCUT2D eigenvalue weighted by molar-refractivity contribution is -0.143. The Morgan fingerprint density at radius 2 is 1.56 bits per heavy atom. The molecule has 7 nitrogen and oxygen atoms in total. The lowest BCUT2D eigenvalue weighted by atomic mass is 10.1. The number of esters is 1. The summed E-state index contributed by atoms with van der Waals surface area (Å²) in [6.07, 6.45) is 0. The van der Waals surface area contributed by atoms with E-state index in [2.05, 4.69) is 16.0 Å². The van der Waals surface area contributed by atoms with E-state index < -0.39 is 23.9 Å². The molecule has 1 atom stereocenters. The molecule has 0 saturated heterocycles. The second kappa shape index (κ2) is 9.19. The highest BCUT2D eigenvalue weighted by Crippen LogP contribution is 2.13. The van der Waals surface area contributed by atoms with Crippen LogP contribution in [0.2, 0.25) is 0 Å². The molecule has 0 aliphatic heterocycles. The molecule has 2 rings (SSSR count). The van der Waals surface area contributed by atoms with Crippen LogP contribution in [0.25, 0.3) is 0 Å². The lowest BCUT2D eigenvalue weighted by Gasteiger charge is -2.16. The molecular formula is C18H19N3O4. The minimum Gasteiger partial charge on any atom is -0.468 e. The van der Waals surface area contributed by atoms with E-state index in [9.17, 15) is 14.4 Å². The first kappa shape index (κ1) is 18.2. The molecule has 0 aromatic heterocycles. The maximum absolute atomic E-state index is 11.9. The van der Waals surface area contributed by atoms with Crippen LogP contribution in [-0.2, 0) is 14.3 Å². The number of urea groups is 1. The van der Waals surface area contributed by atoms with E-state index in [1.165, 1.54) is 7.11 Å². The standard InChI is InChI=1S/C18H19N3O4/c1-25-17(23)16(13-8-4-2-5-9-13)19-12-15(22)21-18(24)20-14-10-6-3-7-11-14/h2-11,16,19H,12H2,1H3,(H2,20,21,22,24). The Bertz CT molecular complexity index is 720. The molecule has 2 aromatic carbocycles. The number of carbonyl (C=O) groups excluding carboxylic acids is 3. The molecule has 0 spiro atoms. The number of carbonyl (C=O) groups is 3. The molecule has 25 heavy (non-hydrogen) atoms. The first-order valence-corrected chi connectivity index (χ1v) is 7.62. The highest BCUT2D eigenvalue weighted by Gasteiger charge is 2.21. The van der Waals surface area contributed by atoms with Crippen LogP contribution in [0.15, 0.2) is 60.7 Å². The third kappa shape index (κ3) is 5.74. The quantitative estimate of drug-likeness (QED) is 0.697. The minimum absolute atomic E-state index is 0.225. The summed E-state index contributed by atoms with van der Waals surface area (Å²) in [5, 5.41) is 7.51. The van der Waals surface area contributed by atoms with Gasteiger partial charge in [0, 0.05) is 5.69 Å². The lowest BCUT2D eigenvalue weighted by Crippen LogP contribution is -2.42. The van der Waals surface area contributed by atoms with Crippen molar-refractivity contribution in [3.8, 4) is 0 Å². The first-order valence-electron chi connectivity index (χ1n) is 7.62. The van der Waals surface area contributed by atoms with Crippen molar-refractivity contribution in [2.45, 2.75) is 6.04 Å². The van der Waals surface area contributed by atoms with Crippen molar-refractivity contribution >= 4 is 23.6 Å². The summed E-state index contributed by atoms with van der Waals surface area (Å²) in [4.78, 5) is 35.6. The van der Waals surface area contributed by atoms with Crippen LogP contribution in [0.1, 0.15) is 11.6 Å². The van der Waals surface area contributed by atoms with Crippen molar-refractivity contribution in [1.29, 1.82) is 0 Å². The van der Waals surface area contributed by atoms with Gasteiger partial charge in [-0.2, -0.15) is 0 Å². The van der Waals surface area contributed by atoms with Gasteiger partial charge in [0.2, 0.25) is 5.91 Å². The number of methoxy groups -OCH3 is 1. The summed E-state index contributed by atoms with van der Waals surface area (Å²) < 4.78 is 4.75. The van der Waals surface area contributed by atoms with E-state index >= 15 is 0 Å². The van der Waals surface area contributed by atoms with E-state index in [0.717, 1.165) is 0 Å².